The minimum Gasteiger partial charge on any atom is -0.507 e. The first-order valence-corrected chi connectivity index (χ1v) is 11.2. The van der Waals surface area contributed by atoms with E-state index in [2.05, 4.69) is 4.98 Å². The fourth-order valence-corrected chi connectivity index (χ4v) is 5.00. The van der Waals surface area contributed by atoms with Gasteiger partial charge in [0.05, 0.1) is 28.9 Å². The number of rotatable bonds is 4. The van der Waals surface area contributed by atoms with Crippen molar-refractivity contribution >= 4 is 55.7 Å². The summed E-state index contributed by atoms with van der Waals surface area (Å²) in [5.41, 5.74) is 1.70. The zero-order chi connectivity index (χ0) is 23.1. The van der Waals surface area contributed by atoms with E-state index in [4.69, 9.17) is 16.3 Å². The van der Waals surface area contributed by atoms with Gasteiger partial charge in [0.15, 0.2) is 5.13 Å². The van der Waals surface area contributed by atoms with Crippen LogP contribution >= 0.6 is 22.9 Å². The molecule has 1 aromatic heterocycles. The maximum Gasteiger partial charge on any atom is 0.301 e. The van der Waals surface area contributed by atoms with Gasteiger partial charge in [0.25, 0.3) is 5.78 Å². The van der Waals surface area contributed by atoms with Crippen LogP contribution in [0.1, 0.15) is 17.2 Å². The van der Waals surface area contributed by atoms with Crippen molar-refractivity contribution in [2.45, 2.75) is 6.04 Å². The van der Waals surface area contributed by atoms with E-state index in [1.165, 1.54) is 23.3 Å². The van der Waals surface area contributed by atoms with Gasteiger partial charge in [-0.05, 0) is 54.1 Å². The molecule has 0 spiro atoms. The summed E-state index contributed by atoms with van der Waals surface area (Å²) < 4.78 is 6.24. The van der Waals surface area contributed by atoms with Gasteiger partial charge in [-0.25, -0.2) is 4.98 Å². The smallest absolute Gasteiger partial charge is 0.301 e. The second kappa shape index (κ2) is 8.35. The molecule has 6 nitrogen and oxygen atoms in total. The van der Waals surface area contributed by atoms with Gasteiger partial charge in [-0.2, -0.15) is 0 Å². The van der Waals surface area contributed by atoms with Crippen molar-refractivity contribution in [1.82, 2.24) is 4.98 Å². The lowest BCUT2D eigenvalue weighted by Crippen LogP contribution is -2.29. The molecule has 3 aromatic carbocycles. The first-order chi connectivity index (χ1) is 16.0. The van der Waals surface area contributed by atoms with Crippen LogP contribution in [0.3, 0.4) is 0 Å². The Bertz CT molecular complexity index is 1390. The number of hydrogen-bond donors (Lipinski definition) is 1. The predicted molar refractivity (Wildman–Crippen MR) is 129 cm³/mol. The van der Waals surface area contributed by atoms with E-state index < -0.39 is 17.7 Å². The highest BCUT2D eigenvalue weighted by Gasteiger charge is 2.48. The molecule has 1 saturated heterocycles. The Kier molecular flexibility index (Phi) is 5.36. The number of methoxy groups -OCH3 is 1. The van der Waals surface area contributed by atoms with Crippen molar-refractivity contribution in [3.63, 3.8) is 0 Å². The van der Waals surface area contributed by atoms with Crippen LogP contribution in [-0.2, 0) is 9.59 Å². The highest BCUT2D eigenvalue weighted by molar-refractivity contribution is 7.22. The molecule has 1 unspecified atom stereocenters. The lowest BCUT2D eigenvalue weighted by molar-refractivity contribution is -0.132. The minimum absolute atomic E-state index is 0.0187. The van der Waals surface area contributed by atoms with E-state index in [0.717, 1.165) is 10.2 Å². The number of anilines is 1. The van der Waals surface area contributed by atoms with E-state index in [0.29, 0.717) is 27.0 Å². The van der Waals surface area contributed by atoms with Gasteiger partial charge in [0, 0.05) is 10.6 Å². The molecule has 0 bridgehead atoms. The quantitative estimate of drug-likeness (QED) is 0.236. The number of carbonyl (C=O) groups excluding carboxylic acids is 2. The van der Waals surface area contributed by atoms with Crippen molar-refractivity contribution in [3.05, 3.63) is 94.5 Å². The summed E-state index contributed by atoms with van der Waals surface area (Å²) >= 11 is 7.29. The standard InChI is InChI=1S/C25H17ClN2O4S/c1-32-17-6-4-5-15(13-17)21-20(22(29)14-9-11-16(26)12-10-14)23(30)24(31)28(21)25-27-18-7-2-3-8-19(18)33-25/h2-13,21,29H,1H3/b22-20-. The fourth-order valence-electron chi connectivity index (χ4n) is 3.88. The zero-order valence-electron chi connectivity index (χ0n) is 17.4. The molecular weight excluding hydrogens is 460 g/mol. The number of para-hydroxylation sites is 1. The Morgan fingerprint density at radius 2 is 1.82 bits per heavy atom. The van der Waals surface area contributed by atoms with E-state index in [1.807, 2.05) is 24.3 Å². The Balaban J connectivity index is 1.74. The number of aliphatic hydroxyl groups excluding tert-OH is 1. The topological polar surface area (TPSA) is 79.7 Å². The minimum atomic E-state index is -0.878. The molecule has 2 heterocycles. The van der Waals surface area contributed by atoms with Crippen LogP contribution in [0.25, 0.3) is 16.0 Å². The lowest BCUT2D eigenvalue weighted by atomic mass is 9.95. The third-order valence-electron chi connectivity index (χ3n) is 5.46. The van der Waals surface area contributed by atoms with Crippen molar-refractivity contribution < 1.29 is 19.4 Å². The number of aliphatic hydroxyl groups is 1. The van der Waals surface area contributed by atoms with Crippen LogP contribution in [-0.4, -0.2) is 28.9 Å². The summed E-state index contributed by atoms with van der Waals surface area (Å²) in [5, 5.41) is 12.0. The maximum atomic E-state index is 13.3. The van der Waals surface area contributed by atoms with Crippen LogP contribution in [0.4, 0.5) is 5.13 Å². The molecule has 0 aliphatic carbocycles. The van der Waals surface area contributed by atoms with Gasteiger partial charge >= 0.3 is 5.91 Å². The summed E-state index contributed by atoms with van der Waals surface area (Å²) in [6.07, 6.45) is 0. The number of Topliss-reactive ketones (excluding diaryl/α,β-unsaturated/α-hetero) is 1. The molecule has 0 saturated carbocycles. The number of hydrogen-bond acceptors (Lipinski definition) is 6. The summed E-state index contributed by atoms with van der Waals surface area (Å²) in [5.74, 6) is -1.25. The number of halogens is 1. The number of fused-ring (bicyclic) bond motifs is 1. The average molecular weight is 477 g/mol. The number of amides is 1. The molecule has 1 fully saturated rings. The van der Waals surface area contributed by atoms with E-state index in [1.54, 1.807) is 48.5 Å². The molecule has 8 heteroatoms. The van der Waals surface area contributed by atoms with Crippen LogP contribution < -0.4 is 9.64 Å². The van der Waals surface area contributed by atoms with Crippen molar-refractivity contribution in [1.29, 1.82) is 0 Å². The first-order valence-electron chi connectivity index (χ1n) is 10.0. The number of aromatic nitrogens is 1. The van der Waals surface area contributed by atoms with Crippen molar-refractivity contribution in [2.75, 3.05) is 12.0 Å². The van der Waals surface area contributed by atoms with E-state index in [-0.39, 0.29) is 11.3 Å². The lowest BCUT2D eigenvalue weighted by Gasteiger charge is -2.23. The number of ketones is 1. The molecule has 1 N–H and O–H groups in total. The van der Waals surface area contributed by atoms with Gasteiger partial charge in [-0.3, -0.25) is 14.5 Å². The number of nitrogens with zero attached hydrogens (tertiary/aromatic N) is 2. The maximum absolute atomic E-state index is 13.3. The molecular formula is C25H17ClN2O4S. The Morgan fingerprint density at radius 3 is 2.55 bits per heavy atom. The third kappa shape index (κ3) is 3.65. The molecule has 33 heavy (non-hydrogen) atoms. The average Bonchev–Trinajstić information content (AvgIpc) is 3.37. The van der Waals surface area contributed by atoms with Gasteiger partial charge in [-0.1, -0.05) is 47.2 Å². The number of carbonyl (C=O) groups is 2. The normalized spacial score (nSPS) is 17.6. The van der Waals surface area contributed by atoms with Crippen LogP contribution in [0.15, 0.2) is 78.4 Å². The Morgan fingerprint density at radius 1 is 1.06 bits per heavy atom. The fraction of sp³-hybridized carbons (Fsp3) is 0.0800. The van der Waals surface area contributed by atoms with Crippen LogP contribution in [0.2, 0.25) is 5.02 Å². The second-order valence-corrected chi connectivity index (χ2v) is 8.86. The highest BCUT2D eigenvalue weighted by atomic mass is 35.5. The molecule has 164 valence electrons. The third-order valence-corrected chi connectivity index (χ3v) is 6.75. The van der Waals surface area contributed by atoms with Crippen molar-refractivity contribution in [3.8, 4) is 5.75 Å². The summed E-state index contributed by atoms with van der Waals surface area (Å²) in [7, 11) is 1.54. The molecule has 0 radical (unpaired) electrons. The number of thiazole rings is 1. The number of benzene rings is 3. The van der Waals surface area contributed by atoms with Gasteiger partial charge in [-0.15, -0.1) is 0 Å². The van der Waals surface area contributed by atoms with Crippen LogP contribution in [0, 0.1) is 0 Å². The first kappa shape index (κ1) is 21.2. The second-order valence-electron chi connectivity index (χ2n) is 7.42. The highest BCUT2D eigenvalue weighted by Crippen LogP contribution is 2.44. The summed E-state index contributed by atoms with van der Waals surface area (Å²) in [4.78, 5) is 32.4. The molecule has 1 aliphatic rings. The molecule has 1 atom stereocenters. The number of ether oxygens (including phenoxy) is 1. The SMILES string of the molecule is COc1cccc(C2/C(=C(/O)c3ccc(Cl)cc3)C(=O)C(=O)N2c2nc3ccccc3s2)c1. The summed E-state index contributed by atoms with van der Waals surface area (Å²) in [6.45, 7) is 0. The predicted octanol–water partition coefficient (Wildman–Crippen LogP) is 5.58. The van der Waals surface area contributed by atoms with E-state index >= 15 is 0 Å². The molecule has 1 aliphatic heterocycles. The molecule has 5 rings (SSSR count). The van der Waals surface area contributed by atoms with Crippen molar-refractivity contribution in [2.24, 2.45) is 0 Å². The zero-order valence-corrected chi connectivity index (χ0v) is 18.9. The largest absolute Gasteiger partial charge is 0.507 e. The van der Waals surface area contributed by atoms with Gasteiger partial charge in [0.2, 0.25) is 0 Å². The van der Waals surface area contributed by atoms with Gasteiger partial charge in [0.1, 0.15) is 11.5 Å². The summed E-state index contributed by atoms with van der Waals surface area (Å²) in [6, 6.07) is 20.1. The monoisotopic (exact) mass is 476 g/mol. The van der Waals surface area contributed by atoms with Gasteiger partial charge < -0.3 is 9.84 Å². The molecule has 1 amide bonds. The molecule has 4 aromatic rings. The Hall–Kier alpha value is -3.68. The van der Waals surface area contributed by atoms with Crippen LogP contribution in [0.5, 0.6) is 5.75 Å². The van der Waals surface area contributed by atoms with E-state index in [9.17, 15) is 14.7 Å². The Labute approximate surface area is 198 Å².